The van der Waals surface area contributed by atoms with Gasteiger partial charge in [-0.25, -0.2) is 0 Å². The van der Waals surface area contributed by atoms with E-state index in [1.54, 1.807) is 0 Å². The van der Waals surface area contributed by atoms with E-state index in [0.29, 0.717) is 30.3 Å². The Morgan fingerprint density at radius 1 is 0.493 bits per heavy atom. The molecule has 0 aromatic rings. The molecule has 0 aromatic carbocycles. The highest BCUT2D eigenvalue weighted by atomic mass is 31.2. The number of likely N-dealkylation sites (N-methyl/N-ethyl adjacent to an activating group) is 1. The van der Waals surface area contributed by atoms with Crippen LogP contribution < -0.4 is 10.2 Å². The zero-order valence-corrected chi connectivity index (χ0v) is 50.5. The Bertz CT molecular complexity index is 1470. The zero-order valence-electron chi connectivity index (χ0n) is 49.6. The Morgan fingerprint density at radius 2 is 0.853 bits per heavy atom. The Hall–Kier alpha value is -2.10. The van der Waals surface area contributed by atoms with Gasteiger partial charge in [0.05, 0.1) is 39.9 Å². The van der Waals surface area contributed by atoms with Gasteiger partial charge in [-0.3, -0.25) is 9.36 Å². The third-order valence-electron chi connectivity index (χ3n) is 14.0. The predicted octanol–water partition coefficient (Wildman–Crippen LogP) is 17.8. The van der Waals surface area contributed by atoms with E-state index in [-0.39, 0.29) is 18.9 Å². The van der Waals surface area contributed by atoms with E-state index in [2.05, 4.69) is 92.1 Å². The number of allylic oxidation sites excluding steroid dienone is 12. The van der Waals surface area contributed by atoms with Crippen molar-refractivity contribution in [3.05, 3.63) is 72.9 Å². The number of phosphoric ester groups is 1. The fourth-order valence-electron chi connectivity index (χ4n) is 9.09. The van der Waals surface area contributed by atoms with Crippen LogP contribution in [0.1, 0.15) is 277 Å². The van der Waals surface area contributed by atoms with Gasteiger partial charge in [-0.2, -0.15) is 0 Å². The third-order valence-corrected chi connectivity index (χ3v) is 15.0. The van der Waals surface area contributed by atoms with Crippen molar-refractivity contribution in [3.63, 3.8) is 0 Å². The highest BCUT2D eigenvalue weighted by Crippen LogP contribution is 2.38. The number of carbonyl (C=O) groups is 1. The average molecular weight is 1070 g/mol. The molecule has 0 aromatic heterocycles. The number of hydrogen-bond acceptors (Lipinski definition) is 7. The maximum atomic E-state index is 13.0. The number of hydrogen-bond donors (Lipinski definition) is 3. The van der Waals surface area contributed by atoms with Crippen LogP contribution in [-0.4, -0.2) is 79.8 Å². The number of nitrogens with one attached hydrogen (secondary N) is 1. The summed E-state index contributed by atoms with van der Waals surface area (Å²) in [5.41, 5.74) is 0. The summed E-state index contributed by atoms with van der Waals surface area (Å²) in [5, 5.41) is 24.7. The molecule has 0 aliphatic carbocycles. The van der Waals surface area contributed by atoms with E-state index < -0.39 is 32.7 Å². The monoisotopic (exact) mass is 1070 g/mol. The number of rotatable bonds is 57. The van der Waals surface area contributed by atoms with E-state index in [1.807, 2.05) is 21.1 Å². The lowest BCUT2D eigenvalue weighted by atomic mass is 10.0. The molecule has 0 spiro atoms. The fourth-order valence-corrected chi connectivity index (χ4v) is 9.81. The summed E-state index contributed by atoms with van der Waals surface area (Å²) in [6, 6.07) is -1.10. The Kier molecular flexibility index (Phi) is 53.7. The van der Waals surface area contributed by atoms with Gasteiger partial charge in [-0.15, -0.1) is 0 Å². The minimum Gasteiger partial charge on any atom is -0.756 e. The van der Waals surface area contributed by atoms with E-state index >= 15 is 0 Å². The number of carbonyl (C=O) groups excluding carboxylic acids is 1. The number of aliphatic hydroxyl groups excluding tert-OH is 2. The molecule has 0 rings (SSSR count). The lowest BCUT2D eigenvalue weighted by Gasteiger charge is -2.31. The Morgan fingerprint density at radius 3 is 1.28 bits per heavy atom. The first-order valence-electron chi connectivity index (χ1n) is 31.4. The highest BCUT2D eigenvalue weighted by Gasteiger charge is 2.29. The maximum Gasteiger partial charge on any atom is 0.268 e. The van der Waals surface area contributed by atoms with Gasteiger partial charge in [-0.05, 0) is 89.9 Å². The van der Waals surface area contributed by atoms with Crippen molar-refractivity contribution < 1.29 is 38.0 Å². The molecular formula is C65H121N2O7P. The van der Waals surface area contributed by atoms with E-state index in [1.165, 1.54) is 167 Å². The quantitative estimate of drug-likeness (QED) is 0.0239. The van der Waals surface area contributed by atoms with Crippen LogP contribution in [0.4, 0.5) is 0 Å². The molecule has 9 nitrogen and oxygen atoms in total. The van der Waals surface area contributed by atoms with Gasteiger partial charge in [0, 0.05) is 6.42 Å². The van der Waals surface area contributed by atoms with Gasteiger partial charge in [-0.1, -0.05) is 254 Å². The summed E-state index contributed by atoms with van der Waals surface area (Å²) >= 11 is 0. The molecule has 0 saturated carbocycles. The van der Waals surface area contributed by atoms with Crippen molar-refractivity contribution in [1.82, 2.24) is 5.32 Å². The highest BCUT2D eigenvalue weighted by molar-refractivity contribution is 7.45. The molecule has 0 bridgehead atoms. The predicted molar refractivity (Wildman–Crippen MR) is 322 cm³/mol. The molecule has 0 fully saturated rings. The Balaban J connectivity index is 3.95. The van der Waals surface area contributed by atoms with Gasteiger partial charge in [0.25, 0.3) is 7.82 Å². The second-order valence-electron chi connectivity index (χ2n) is 22.5. The van der Waals surface area contributed by atoms with Crippen molar-refractivity contribution >= 4 is 13.7 Å². The van der Waals surface area contributed by atoms with Gasteiger partial charge in [0.2, 0.25) is 5.91 Å². The smallest absolute Gasteiger partial charge is 0.268 e. The number of aliphatic hydroxyl groups is 2. The van der Waals surface area contributed by atoms with E-state index in [4.69, 9.17) is 9.05 Å². The molecule has 3 N–H and O–H groups in total. The SMILES string of the molecule is CC/C=C\C/C=C\C/C=C\C/C=C\CCCCCCCCCCCCCCCCCCCCCCCCCCCCC(=O)NC(COP(=O)([O-])OCC[N+](C)(C)C)C(O)C(O)CCC/C=C/CC/C=C/CCCCC. The summed E-state index contributed by atoms with van der Waals surface area (Å²) in [7, 11) is 1.10. The number of quaternary nitrogens is 1. The van der Waals surface area contributed by atoms with Crippen LogP contribution >= 0.6 is 7.82 Å². The minimum atomic E-state index is -4.68. The molecule has 0 aliphatic heterocycles. The van der Waals surface area contributed by atoms with Crippen LogP contribution in [0, 0.1) is 0 Å². The molecule has 0 radical (unpaired) electrons. The molecule has 0 aliphatic rings. The van der Waals surface area contributed by atoms with Crippen molar-refractivity contribution in [3.8, 4) is 0 Å². The van der Waals surface area contributed by atoms with Crippen molar-refractivity contribution in [2.75, 3.05) is 40.9 Å². The molecule has 4 atom stereocenters. The number of amides is 1. The fraction of sp³-hybridized carbons (Fsp3) is 0.800. The van der Waals surface area contributed by atoms with Gasteiger partial charge in [0.1, 0.15) is 19.3 Å². The molecule has 10 heteroatoms. The normalized spacial score (nSPS) is 14.7. The molecule has 1 amide bonds. The van der Waals surface area contributed by atoms with Crippen LogP contribution in [0.25, 0.3) is 0 Å². The van der Waals surface area contributed by atoms with E-state index in [0.717, 1.165) is 70.6 Å². The van der Waals surface area contributed by atoms with Crippen molar-refractivity contribution in [2.24, 2.45) is 0 Å². The molecule has 438 valence electrons. The van der Waals surface area contributed by atoms with Crippen molar-refractivity contribution in [2.45, 2.75) is 295 Å². The van der Waals surface area contributed by atoms with Crippen LogP contribution in [0.2, 0.25) is 0 Å². The van der Waals surface area contributed by atoms with Gasteiger partial charge >= 0.3 is 0 Å². The second kappa shape index (κ2) is 55.2. The number of nitrogens with zero attached hydrogens (tertiary/aromatic N) is 1. The maximum absolute atomic E-state index is 13.0. The summed E-state index contributed by atoms with van der Waals surface area (Å²) in [4.78, 5) is 25.5. The first-order valence-corrected chi connectivity index (χ1v) is 32.8. The first kappa shape index (κ1) is 72.9. The summed E-state index contributed by atoms with van der Waals surface area (Å²) in [6.45, 7) is 4.28. The minimum absolute atomic E-state index is 0.0489. The van der Waals surface area contributed by atoms with Crippen LogP contribution in [0.5, 0.6) is 0 Å². The van der Waals surface area contributed by atoms with Crippen LogP contribution in [-0.2, 0) is 18.4 Å². The summed E-state index contributed by atoms with van der Waals surface area (Å²) in [6.07, 6.45) is 73.0. The summed E-state index contributed by atoms with van der Waals surface area (Å²) in [5.74, 6) is -0.290. The van der Waals surface area contributed by atoms with Gasteiger partial charge in [0.15, 0.2) is 0 Å². The topological polar surface area (TPSA) is 128 Å². The number of phosphoric acid groups is 1. The van der Waals surface area contributed by atoms with E-state index in [9.17, 15) is 24.5 Å². The zero-order chi connectivity index (χ0) is 55.0. The van der Waals surface area contributed by atoms with Gasteiger partial charge < -0.3 is 34.0 Å². The molecule has 0 heterocycles. The van der Waals surface area contributed by atoms with Crippen molar-refractivity contribution in [1.29, 1.82) is 0 Å². The lowest BCUT2D eigenvalue weighted by molar-refractivity contribution is -0.870. The standard InChI is InChI=1S/C65H121N2O7P/c1-6-8-10-12-14-16-18-20-21-22-23-24-25-26-27-28-29-30-31-32-33-34-35-36-37-38-39-40-41-42-43-44-45-46-48-50-52-54-56-58-64(69)66-62(61-74-75(71,72)73-60-59-67(3,4)5)65(70)63(68)57-55-53-51-49-47-19-17-15-13-11-9-7-2/h8,10,14-17,20-21,23-24,49,51,62-63,65,68,70H,6-7,9,11-13,18-19,22,25-48,50,52-61H2,1-5H3,(H-,66,69,71,72)/b10-8-,16-14-,17-15+,21-20-,24-23-,51-49+. The average Bonchev–Trinajstić information content (AvgIpc) is 3.37. The van der Waals surface area contributed by atoms with Crippen LogP contribution in [0.3, 0.4) is 0 Å². The lowest BCUT2D eigenvalue weighted by Crippen LogP contribution is -2.51. The molecule has 75 heavy (non-hydrogen) atoms. The summed E-state index contributed by atoms with van der Waals surface area (Å²) < 4.78 is 23.2. The second-order valence-corrected chi connectivity index (χ2v) is 23.9. The first-order chi connectivity index (χ1) is 36.4. The molecule has 0 saturated heterocycles. The number of unbranched alkanes of at least 4 members (excludes halogenated alkanes) is 31. The third kappa shape index (κ3) is 56.4. The largest absolute Gasteiger partial charge is 0.756 e. The molecular weight excluding hydrogens is 952 g/mol. The Labute approximate surface area is 464 Å². The van der Waals surface area contributed by atoms with Crippen LogP contribution in [0.15, 0.2) is 72.9 Å². The molecule has 4 unspecified atom stereocenters.